The van der Waals surface area contributed by atoms with Crippen molar-refractivity contribution in [3.05, 3.63) is 41.7 Å². The Hall–Kier alpha value is -2.74. The molecule has 1 spiro atoms. The van der Waals surface area contributed by atoms with Gasteiger partial charge in [-0.05, 0) is 44.6 Å². The van der Waals surface area contributed by atoms with E-state index in [1.165, 1.54) is 0 Å². The first-order chi connectivity index (χ1) is 14.5. The van der Waals surface area contributed by atoms with E-state index in [9.17, 15) is 4.79 Å². The molecule has 5 rings (SSSR count). The van der Waals surface area contributed by atoms with Crippen molar-refractivity contribution in [1.82, 2.24) is 24.8 Å². The highest BCUT2D eigenvalue weighted by Crippen LogP contribution is 2.39. The Morgan fingerprint density at radius 3 is 2.83 bits per heavy atom. The van der Waals surface area contributed by atoms with Gasteiger partial charge in [-0.25, -0.2) is 0 Å². The molecule has 158 valence electrons. The molecule has 0 saturated carbocycles. The van der Waals surface area contributed by atoms with Gasteiger partial charge in [0.15, 0.2) is 11.5 Å². The zero-order valence-electron chi connectivity index (χ0n) is 17.5. The second-order valence-corrected chi connectivity index (χ2v) is 8.61. The van der Waals surface area contributed by atoms with E-state index in [2.05, 4.69) is 15.2 Å². The summed E-state index contributed by atoms with van der Waals surface area (Å²) in [5.41, 5.74) is 1.36. The number of piperidine rings is 1. The van der Waals surface area contributed by atoms with Crippen molar-refractivity contribution < 1.29 is 14.1 Å². The van der Waals surface area contributed by atoms with Crippen molar-refractivity contribution >= 4 is 16.8 Å². The van der Waals surface area contributed by atoms with Crippen LogP contribution in [0, 0.1) is 12.8 Å². The number of amides is 1. The molecule has 2 aromatic heterocycles. The number of benzene rings is 1. The zero-order chi connectivity index (χ0) is 20.7. The van der Waals surface area contributed by atoms with E-state index in [4.69, 9.17) is 9.26 Å². The summed E-state index contributed by atoms with van der Waals surface area (Å²) in [5, 5.41) is 9.31. The smallest absolute Gasteiger partial charge is 0.275 e. The number of rotatable bonds is 3. The van der Waals surface area contributed by atoms with E-state index >= 15 is 0 Å². The number of aromatic nitrogens is 4. The highest BCUT2D eigenvalue weighted by molar-refractivity contribution is 6.04. The highest BCUT2D eigenvalue weighted by atomic mass is 16.5. The van der Waals surface area contributed by atoms with Crippen molar-refractivity contribution in [1.29, 1.82) is 0 Å². The highest BCUT2D eigenvalue weighted by Gasteiger charge is 2.42. The maximum absolute atomic E-state index is 13.2. The average Bonchev–Trinajstić information content (AvgIpc) is 3.31. The number of carbonyl (C=O) groups excluding carboxylic acids is 1. The maximum atomic E-state index is 13.2. The minimum Gasteiger partial charge on any atom is -0.375 e. The van der Waals surface area contributed by atoms with E-state index in [1.807, 2.05) is 43.1 Å². The monoisotopic (exact) mass is 409 g/mol. The van der Waals surface area contributed by atoms with Crippen molar-refractivity contribution in [3.8, 4) is 0 Å². The van der Waals surface area contributed by atoms with Crippen molar-refractivity contribution in [3.63, 3.8) is 0 Å². The van der Waals surface area contributed by atoms with Gasteiger partial charge in [0.05, 0.1) is 11.1 Å². The summed E-state index contributed by atoms with van der Waals surface area (Å²) in [6.07, 6.45) is 4.48. The molecule has 3 aromatic rings. The van der Waals surface area contributed by atoms with Gasteiger partial charge in [0.25, 0.3) is 5.91 Å². The number of fused-ring (bicyclic) bond motifs is 1. The summed E-state index contributed by atoms with van der Waals surface area (Å²) in [5.74, 6) is 1.88. The van der Waals surface area contributed by atoms with Gasteiger partial charge in [-0.1, -0.05) is 23.4 Å². The van der Waals surface area contributed by atoms with Crippen molar-refractivity contribution in [2.45, 2.75) is 44.6 Å². The van der Waals surface area contributed by atoms with Gasteiger partial charge in [-0.15, -0.1) is 0 Å². The lowest BCUT2D eigenvalue weighted by Gasteiger charge is -2.46. The predicted octanol–water partition coefficient (Wildman–Crippen LogP) is 2.91. The molecule has 0 radical (unpaired) electrons. The topological polar surface area (TPSA) is 86.3 Å². The third-order valence-corrected chi connectivity index (χ3v) is 6.55. The summed E-state index contributed by atoms with van der Waals surface area (Å²) in [4.78, 5) is 19.5. The third kappa shape index (κ3) is 3.49. The van der Waals surface area contributed by atoms with Crippen LogP contribution in [0.3, 0.4) is 0 Å². The van der Waals surface area contributed by atoms with Crippen molar-refractivity contribution in [2.24, 2.45) is 13.0 Å². The summed E-state index contributed by atoms with van der Waals surface area (Å²) in [6.45, 7) is 3.97. The van der Waals surface area contributed by atoms with E-state index < -0.39 is 0 Å². The van der Waals surface area contributed by atoms with Gasteiger partial charge in [-0.3, -0.25) is 9.48 Å². The molecule has 0 bridgehead atoms. The number of nitrogens with zero attached hydrogens (tertiary/aromatic N) is 5. The number of para-hydroxylation sites is 1. The zero-order valence-corrected chi connectivity index (χ0v) is 17.5. The Morgan fingerprint density at radius 2 is 2.07 bits per heavy atom. The van der Waals surface area contributed by atoms with Crippen LogP contribution in [-0.2, 0) is 18.2 Å². The second-order valence-electron chi connectivity index (χ2n) is 8.61. The first-order valence-corrected chi connectivity index (χ1v) is 10.7. The van der Waals surface area contributed by atoms with Crippen LogP contribution in [0.1, 0.15) is 47.9 Å². The van der Waals surface area contributed by atoms with Crippen molar-refractivity contribution in [2.75, 3.05) is 19.7 Å². The molecule has 8 heteroatoms. The van der Waals surface area contributed by atoms with E-state index in [0.717, 1.165) is 49.6 Å². The molecule has 0 N–H and O–H groups in total. The standard InChI is InChI=1S/C22H27N5O3/c1-15-23-19(30-25-15)13-16-7-12-29-22(14-16)8-10-27(11-9-22)21(28)20-17-5-3-4-6-18(17)26(2)24-20/h3-6,16H,7-14H2,1-2H3. The van der Waals surface area contributed by atoms with E-state index in [0.29, 0.717) is 36.4 Å². The van der Waals surface area contributed by atoms with Crippen LogP contribution in [-0.4, -0.2) is 56.0 Å². The molecule has 1 aromatic carbocycles. The molecule has 4 heterocycles. The van der Waals surface area contributed by atoms with Gasteiger partial charge < -0.3 is 14.2 Å². The van der Waals surface area contributed by atoms with Gasteiger partial charge in [-0.2, -0.15) is 10.1 Å². The first-order valence-electron chi connectivity index (χ1n) is 10.7. The van der Waals surface area contributed by atoms with Crippen LogP contribution in [0.25, 0.3) is 10.9 Å². The van der Waals surface area contributed by atoms with Crippen LogP contribution >= 0.6 is 0 Å². The lowest BCUT2D eigenvalue weighted by Crippen LogP contribution is -2.51. The number of hydrogen-bond donors (Lipinski definition) is 0. The fourth-order valence-electron chi connectivity index (χ4n) is 4.96. The second kappa shape index (κ2) is 7.50. The third-order valence-electron chi connectivity index (χ3n) is 6.55. The summed E-state index contributed by atoms with van der Waals surface area (Å²) in [6, 6.07) is 7.88. The SMILES string of the molecule is Cc1noc(CC2CCOC3(CCN(C(=O)c4nn(C)c5ccccc45)CC3)C2)n1. The molecule has 1 amide bonds. The Labute approximate surface area is 175 Å². The van der Waals surface area contributed by atoms with E-state index in [1.54, 1.807) is 4.68 Å². The Bertz CT molecular complexity index is 1060. The lowest BCUT2D eigenvalue weighted by atomic mass is 9.78. The lowest BCUT2D eigenvalue weighted by molar-refractivity contribution is -0.124. The molecule has 2 aliphatic heterocycles. The first kappa shape index (κ1) is 19.2. The maximum Gasteiger partial charge on any atom is 0.275 e. The predicted molar refractivity (Wildman–Crippen MR) is 110 cm³/mol. The molecule has 8 nitrogen and oxygen atoms in total. The average molecular weight is 409 g/mol. The van der Waals surface area contributed by atoms with Crippen LogP contribution in [0.15, 0.2) is 28.8 Å². The Morgan fingerprint density at radius 1 is 1.27 bits per heavy atom. The van der Waals surface area contributed by atoms with Gasteiger partial charge >= 0.3 is 0 Å². The quantitative estimate of drug-likeness (QED) is 0.661. The van der Waals surface area contributed by atoms with Gasteiger partial charge in [0.2, 0.25) is 5.89 Å². The molecular formula is C22H27N5O3. The molecule has 1 atom stereocenters. The minimum absolute atomic E-state index is 0.00958. The molecule has 2 saturated heterocycles. The summed E-state index contributed by atoms with van der Waals surface area (Å²) in [7, 11) is 1.88. The summed E-state index contributed by atoms with van der Waals surface area (Å²) >= 11 is 0. The normalized spacial score (nSPS) is 21.4. The van der Waals surface area contributed by atoms with Gasteiger partial charge in [0, 0.05) is 38.6 Å². The van der Waals surface area contributed by atoms with E-state index in [-0.39, 0.29) is 11.5 Å². The molecule has 30 heavy (non-hydrogen) atoms. The van der Waals surface area contributed by atoms with Crippen LogP contribution in [0.5, 0.6) is 0 Å². The number of carbonyl (C=O) groups is 1. The number of hydrogen-bond acceptors (Lipinski definition) is 6. The molecule has 0 aliphatic carbocycles. The largest absolute Gasteiger partial charge is 0.375 e. The van der Waals surface area contributed by atoms with Crippen LogP contribution in [0.4, 0.5) is 0 Å². The summed E-state index contributed by atoms with van der Waals surface area (Å²) < 4.78 is 13.4. The molecular weight excluding hydrogens is 382 g/mol. The number of ether oxygens (including phenoxy) is 1. The Kier molecular flexibility index (Phi) is 4.81. The molecule has 2 aliphatic rings. The molecule has 2 fully saturated rings. The fourth-order valence-corrected chi connectivity index (χ4v) is 4.96. The fraction of sp³-hybridized carbons (Fsp3) is 0.545. The van der Waals surface area contributed by atoms with Crippen LogP contribution in [0.2, 0.25) is 0 Å². The Balaban J connectivity index is 1.25. The molecule has 1 unspecified atom stereocenters. The number of likely N-dealkylation sites (tertiary alicyclic amines) is 1. The minimum atomic E-state index is -0.152. The number of aryl methyl sites for hydroxylation is 2. The van der Waals surface area contributed by atoms with Crippen LogP contribution < -0.4 is 0 Å². The van der Waals surface area contributed by atoms with Gasteiger partial charge in [0.1, 0.15) is 0 Å².